The number of anilines is 1. The summed E-state index contributed by atoms with van der Waals surface area (Å²) in [5, 5.41) is 0. The second kappa shape index (κ2) is 7.11. The Morgan fingerprint density at radius 2 is 1.95 bits per heavy atom. The summed E-state index contributed by atoms with van der Waals surface area (Å²) >= 11 is 0. The summed E-state index contributed by atoms with van der Waals surface area (Å²) in [5.74, 6) is -0.437. The van der Waals surface area contributed by atoms with Gasteiger partial charge >= 0.3 is 5.97 Å². The Balaban J connectivity index is 1.69. The topological polar surface area (TPSA) is 72.6 Å². The Labute approximate surface area is 125 Å². The number of esters is 1. The fraction of sp³-hybridized carbons (Fsp3) is 0.500. The van der Waals surface area contributed by atoms with Crippen LogP contribution in [-0.4, -0.2) is 36.0 Å². The van der Waals surface area contributed by atoms with Gasteiger partial charge in [-0.3, -0.25) is 9.59 Å². The summed E-state index contributed by atoms with van der Waals surface area (Å²) in [4.78, 5) is 25.4. The van der Waals surface area contributed by atoms with E-state index in [1.807, 2.05) is 19.1 Å². The first-order valence-electron chi connectivity index (χ1n) is 7.39. The highest BCUT2D eigenvalue weighted by Crippen LogP contribution is 2.26. The van der Waals surface area contributed by atoms with E-state index in [1.54, 1.807) is 17.0 Å². The van der Waals surface area contributed by atoms with E-state index in [9.17, 15) is 9.59 Å². The van der Waals surface area contributed by atoms with Gasteiger partial charge in [0.05, 0.1) is 0 Å². The molecule has 1 aliphatic rings. The average Bonchev–Trinajstić information content (AvgIpc) is 3.30. The van der Waals surface area contributed by atoms with Crippen LogP contribution in [0.3, 0.4) is 0 Å². The smallest absolute Gasteiger partial charge is 0.306 e. The lowest BCUT2D eigenvalue weighted by Crippen LogP contribution is -2.36. The molecule has 1 saturated carbocycles. The standard InChI is InChI=1S/C16H22N2O3/c1-2-18(14-8-9-14)15(19)11-21-16(20)10-5-12-3-6-13(17)7-4-12/h3-4,6-7,14H,2,5,8-11,17H2,1H3. The third-order valence-corrected chi connectivity index (χ3v) is 3.60. The number of amides is 1. The third-order valence-electron chi connectivity index (χ3n) is 3.60. The second-order valence-corrected chi connectivity index (χ2v) is 5.31. The molecule has 1 fully saturated rings. The molecule has 0 spiro atoms. The molecule has 0 aliphatic heterocycles. The Kier molecular flexibility index (Phi) is 5.20. The third kappa shape index (κ3) is 4.77. The number of likely N-dealkylation sites (N-methyl/N-ethyl adjacent to an activating group) is 1. The predicted octanol–water partition coefficient (Wildman–Crippen LogP) is 1.76. The minimum Gasteiger partial charge on any atom is -0.456 e. The Bertz CT molecular complexity index is 495. The molecule has 114 valence electrons. The highest BCUT2D eigenvalue weighted by atomic mass is 16.5. The molecule has 5 heteroatoms. The molecular formula is C16H22N2O3. The number of rotatable bonds is 7. The van der Waals surface area contributed by atoms with E-state index >= 15 is 0 Å². The van der Waals surface area contributed by atoms with Gasteiger partial charge in [-0.05, 0) is 43.9 Å². The normalized spacial score (nSPS) is 13.8. The van der Waals surface area contributed by atoms with Crippen molar-refractivity contribution in [3.63, 3.8) is 0 Å². The monoisotopic (exact) mass is 290 g/mol. The van der Waals surface area contributed by atoms with E-state index in [1.165, 1.54) is 0 Å². The lowest BCUT2D eigenvalue weighted by Gasteiger charge is -2.19. The van der Waals surface area contributed by atoms with E-state index < -0.39 is 0 Å². The number of benzene rings is 1. The molecule has 1 aromatic carbocycles. The van der Waals surface area contributed by atoms with Crippen molar-refractivity contribution in [2.45, 2.75) is 38.6 Å². The van der Waals surface area contributed by atoms with Crippen LogP contribution < -0.4 is 5.73 Å². The van der Waals surface area contributed by atoms with E-state index in [4.69, 9.17) is 10.5 Å². The lowest BCUT2D eigenvalue weighted by molar-refractivity contribution is -0.152. The van der Waals surface area contributed by atoms with E-state index in [0.29, 0.717) is 24.7 Å². The van der Waals surface area contributed by atoms with Gasteiger partial charge in [-0.15, -0.1) is 0 Å². The summed E-state index contributed by atoms with van der Waals surface area (Å²) in [6, 6.07) is 7.74. The fourth-order valence-corrected chi connectivity index (χ4v) is 2.25. The zero-order valence-corrected chi connectivity index (χ0v) is 12.4. The molecule has 21 heavy (non-hydrogen) atoms. The highest BCUT2D eigenvalue weighted by molar-refractivity contribution is 5.81. The summed E-state index contributed by atoms with van der Waals surface area (Å²) in [5.41, 5.74) is 7.33. The molecule has 1 aliphatic carbocycles. The summed E-state index contributed by atoms with van der Waals surface area (Å²) in [7, 11) is 0. The van der Waals surface area contributed by atoms with Crippen LogP contribution in [0.2, 0.25) is 0 Å². The van der Waals surface area contributed by atoms with Gasteiger partial charge < -0.3 is 15.4 Å². The van der Waals surface area contributed by atoms with Crippen molar-refractivity contribution < 1.29 is 14.3 Å². The molecule has 2 N–H and O–H groups in total. The van der Waals surface area contributed by atoms with Crippen molar-refractivity contribution in [3.05, 3.63) is 29.8 Å². The summed E-state index contributed by atoms with van der Waals surface area (Å²) in [6.45, 7) is 2.47. The van der Waals surface area contributed by atoms with Crippen molar-refractivity contribution in [2.24, 2.45) is 0 Å². The highest BCUT2D eigenvalue weighted by Gasteiger charge is 2.31. The first kappa shape index (κ1) is 15.4. The van der Waals surface area contributed by atoms with Gasteiger partial charge in [-0.2, -0.15) is 0 Å². The zero-order valence-electron chi connectivity index (χ0n) is 12.4. The van der Waals surface area contributed by atoms with E-state index in [-0.39, 0.29) is 24.9 Å². The fourth-order valence-electron chi connectivity index (χ4n) is 2.25. The number of nitrogens with zero attached hydrogens (tertiary/aromatic N) is 1. The van der Waals surface area contributed by atoms with Gasteiger partial charge in [0.15, 0.2) is 6.61 Å². The van der Waals surface area contributed by atoms with Crippen molar-refractivity contribution >= 4 is 17.6 Å². The molecule has 0 radical (unpaired) electrons. The van der Waals surface area contributed by atoms with Crippen LogP contribution in [0.15, 0.2) is 24.3 Å². The number of hydrogen-bond donors (Lipinski definition) is 1. The predicted molar refractivity (Wildman–Crippen MR) is 80.5 cm³/mol. The minimum absolute atomic E-state index is 0.0964. The Morgan fingerprint density at radius 1 is 1.29 bits per heavy atom. The van der Waals surface area contributed by atoms with Gasteiger partial charge in [0.2, 0.25) is 0 Å². The van der Waals surface area contributed by atoms with E-state index in [2.05, 4.69) is 0 Å². The van der Waals surface area contributed by atoms with Crippen LogP contribution in [0.5, 0.6) is 0 Å². The van der Waals surface area contributed by atoms with Crippen LogP contribution in [0, 0.1) is 0 Å². The van der Waals surface area contributed by atoms with Crippen LogP contribution in [-0.2, 0) is 20.7 Å². The molecule has 0 unspecified atom stereocenters. The SMILES string of the molecule is CCN(C(=O)COC(=O)CCc1ccc(N)cc1)C1CC1. The number of aryl methyl sites for hydroxylation is 1. The van der Waals surface area contributed by atoms with Crippen molar-refractivity contribution in [2.75, 3.05) is 18.9 Å². The zero-order chi connectivity index (χ0) is 15.2. The van der Waals surface area contributed by atoms with Crippen molar-refractivity contribution in [3.8, 4) is 0 Å². The number of carbonyl (C=O) groups is 2. The lowest BCUT2D eigenvalue weighted by atomic mass is 10.1. The molecule has 5 nitrogen and oxygen atoms in total. The van der Waals surface area contributed by atoms with Crippen LogP contribution in [0.1, 0.15) is 31.7 Å². The van der Waals surface area contributed by atoms with Gasteiger partial charge in [-0.25, -0.2) is 0 Å². The van der Waals surface area contributed by atoms with Gasteiger partial charge in [-0.1, -0.05) is 12.1 Å². The maximum atomic E-state index is 11.9. The van der Waals surface area contributed by atoms with Crippen LogP contribution in [0.25, 0.3) is 0 Å². The summed E-state index contributed by atoms with van der Waals surface area (Å²) in [6.07, 6.45) is 2.98. The minimum atomic E-state index is -0.341. The maximum Gasteiger partial charge on any atom is 0.306 e. The van der Waals surface area contributed by atoms with Crippen molar-refractivity contribution in [1.29, 1.82) is 0 Å². The number of hydrogen-bond acceptors (Lipinski definition) is 4. The Hall–Kier alpha value is -2.04. The summed E-state index contributed by atoms with van der Waals surface area (Å²) < 4.78 is 5.06. The molecule has 0 heterocycles. The van der Waals surface area contributed by atoms with E-state index in [0.717, 1.165) is 18.4 Å². The number of nitrogens with two attached hydrogens (primary N) is 1. The Morgan fingerprint density at radius 3 is 2.52 bits per heavy atom. The van der Waals surface area contributed by atoms with Crippen molar-refractivity contribution in [1.82, 2.24) is 4.90 Å². The van der Waals surface area contributed by atoms with Gasteiger partial charge in [0.25, 0.3) is 5.91 Å². The second-order valence-electron chi connectivity index (χ2n) is 5.31. The number of carbonyl (C=O) groups excluding carboxylic acids is 2. The molecule has 0 bridgehead atoms. The molecule has 0 atom stereocenters. The molecule has 0 saturated heterocycles. The average molecular weight is 290 g/mol. The number of nitrogen functional groups attached to an aromatic ring is 1. The molecule has 1 aromatic rings. The van der Waals surface area contributed by atoms with Gasteiger partial charge in [0, 0.05) is 24.7 Å². The maximum absolute atomic E-state index is 11.9. The van der Waals surface area contributed by atoms with Crippen LogP contribution >= 0.6 is 0 Å². The first-order chi connectivity index (χ1) is 10.1. The molecule has 2 rings (SSSR count). The largest absolute Gasteiger partial charge is 0.456 e. The molecule has 0 aromatic heterocycles. The first-order valence-corrected chi connectivity index (χ1v) is 7.39. The van der Waals surface area contributed by atoms with Gasteiger partial charge in [0.1, 0.15) is 0 Å². The number of ether oxygens (including phenoxy) is 1. The van der Waals surface area contributed by atoms with Crippen LogP contribution in [0.4, 0.5) is 5.69 Å². The molecule has 1 amide bonds. The molecular weight excluding hydrogens is 268 g/mol. The quantitative estimate of drug-likeness (QED) is 0.613.